The third-order valence-electron chi connectivity index (χ3n) is 6.83. The Bertz CT molecular complexity index is 994. The minimum Gasteiger partial charge on any atom is -0.497 e. The lowest BCUT2D eigenvalue weighted by Crippen LogP contribution is -2.52. The van der Waals surface area contributed by atoms with Gasteiger partial charge in [0.05, 0.1) is 12.0 Å². The van der Waals surface area contributed by atoms with Gasteiger partial charge in [0, 0.05) is 26.7 Å². The minimum absolute atomic E-state index is 0.165. The van der Waals surface area contributed by atoms with Crippen LogP contribution in [0.15, 0.2) is 29.2 Å². The Morgan fingerprint density at radius 2 is 1.62 bits per heavy atom. The normalized spacial score (nSPS) is 16.5. The van der Waals surface area contributed by atoms with Crippen molar-refractivity contribution in [3.63, 3.8) is 0 Å². The van der Waals surface area contributed by atoms with Crippen LogP contribution in [-0.4, -0.2) is 68.9 Å². The van der Waals surface area contributed by atoms with Gasteiger partial charge in [-0.2, -0.15) is 0 Å². The molecule has 1 aliphatic rings. The summed E-state index contributed by atoms with van der Waals surface area (Å²) in [4.78, 5) is 29.7. The fourth-order valence-corrected chi connectivity index (χ4v) is 5.80. The fourth-order valence-electron chi connectivity index (χ4n) is 4.59. The number of methoxy groups -OCH3 is 1. The topological polar surface area (TPSA) is 93.2 Å². The van der Waals surface area contributed by atoms with Crippen LogP contribution >= 0.6 is 0 Å². The van der Waals surface area contributed by atoms with Crippen LogP contribution in [0.5, 0.6) is 5.75 Å². The van der Waals surface area contributed by atoms with Gasteiger partial charge < -0.3 is 14.4 Å². The number of hydrogen-bond donors (Lipinski definition) is 0. The zero-order valence-corrected chi connectivity index (χ0v) is 24.5. The maximum Gasteiger partial charge on any atom is 0.322 e. The lowest BCUT2D eigenvalue weighted by molar-refractivity contribution is -0.176. The van der Waals surface area contributed by atoms with E-state index in [1.54, 1.807) is 32.9 Å². The summed E-state index contributed by atoms with van der Waals surface area (Å²) in [5.41, 5.74) is -2.07. The molecule has 1 aromatic carbocycles. The molecule has 1 fully saturated rings. The molecule has 1 atom stereocenters. The second kappa shape index (κ2) is 13.1. The number of likely N-dealkylation sites (tertiary alicyclic amines) is 1. The maximum absolute atomic E-state index is 14.0. The first kappa shape index (κ1) is 31.1. The van der Waals surface area contributed by atoms with E-state index in [-0.39, 0.29) is 23.8 Å². The second-order valence-corrected chi connectivity index (χ2v) is 13.5. The number of esters is 1. The molecule has 0 radical (unpaired) electrons. The Morgan fingerprint density at radius 1 is 1.03 bits per heavy atom. The highest BCUT2D eigenvalue weighted by Gasteiger charge is 2.49. The van der Waals surface area contributed by atoms with Crippen molar-refractivity contribution in [2.45, 2.75) is 90.1 Å². The summed E-state index contributed by atoms with van der Waals surface area (Å²) in [6.45, 7) is 11.0. The van der Waals surface area contributed by atoms with Crippen molar-refractivity contribution in [2.24, 2.45) is 11.3 Å². The number of carbonyl (C=O) groups excluding carboxylic acids is 2. The molecule has 8 nitrogen and oxygen atoms in total. The molecule has 2 rings (SSSR count). The van der Waals surface area contributed by atoms with Crippen molar-refractivity contribution >= 4 is 21.9 Å². The van der Waals surface area contributed by atoms with Crippen molar-refractivity contribution in [1.82, 2.24) is 9.21 Å². The molecular weight excluding hydrogens is 492 g/mol. The van der Waals surface area contributed by atoms with Crippen LogP contribution in [0.3, 0.4) is 0 Å². The van der Waals surface area contributed by atoms with Crippen LogP contribution in [0.4, 0.5) is 0 Å². The van der Waals surface area contributed by atoms with Gasteiger partial charge in [0.1, 0.15) is 16.8 Å². The Labute approximate surface area is 223 Å². The van der Waals surface area contributed by atoms with Gasteiger partial charge in [0.2, 0.25) is 15.9 Å². The largest absolute Gasteiger partial charge is 0.497 e. The quantitative estimate of drug-likeness (QED) is 0.278. The number of nitrogens with zero attached hydrogens (tertiary/aromatic N) is 2. The van der Waals surface area contributed by atoms with E-state index < -0.39 is 27.0 Å². The van der Waals surface area contributed by atoms with Crippen LogP contribution in [0.2, 0.25) is 0 Å². The molecule has 1 aliphatic heterocycles. The third-order valence-corrected chi connectivity index (χ3v) is 8.71. The van der Waals surface area contributed by atoms with Crippen molar-refractivity contribution in [3.8, 4) is 5.75 Å². The van der Waals surface area contributed by atoms with Crippen LogP contribution in [0.25, 0.3) is 0 Å². The predicted octanol–water partition coefficient (Wildman–Crippen LogP) is 4.87. The second-order valence-electron chi connectivity index (χ2n) is 11.5. The summed E-state index contributed by atoms with van der Waals surface area (Å²) in [6.07, 6.45) is 4.56. The molecule has 37 heavy (non-hydrogen) atoms. The SMILES string of the molecule is COc1ccc(S(=O)(=O)N(C)CCC[C@](CCC(C)C)(C(=O)OC(C)(C)C)C(=O)N2CCCCC2)cc1. The highest BCUT2D eigenvalue weighted by molar-refractivity contribution is 7.89. The van der Waals surface area contributed by atoms with E-state index in [0.29, 0.717) is 44.0 Å². The smallest absolute Gasteiger partial charge is 0.322 e. The highest BCUT2D eigenvalue weighted by Crippen LogP contribution is 2.38. The zero-order chi connectivity index (χ0) is 27.9. The van der Waals surface area contributed by atoms with Gasteiger partial charge in [0.15, 0.2) is 0 Å². The Kier molecular flexibility index (Phi) is 11.0. The van der Waals surface area contributed by atoms with Gasteiger partial charge in [-0.15, -0.1) is 0 Å². The van der Waals surface area contributed by atoms with E-state index in [1.165, 1.54) is 30.6 Å². The van der Waals surface area contributed by atoms with Crippen LogP contribution in [0, 0.1) is 11.3 Å². The molecule has 0 spiro atoms. The summed E-state index contributed by atoms with van der Waals surface area (Å²) in [5, 5.41) is 0. The van der Waals surface area contributed by atoms with Gasteiger partial charge in [-0.25, -0.2) is 12.7 Å². The van der Waals surface area contributed by atoms with Crippen LogP contribution in [0.1, 0.15) is 79.6 Å². The van der Waals surface area contributed by atoms with Gasteiger partial charge in [-0.3, -0.25) is 9.59 Å². The molecule has 0 N–H and O–H groups in total. The van der Waals surface area contributed by atoms with E-state index >= 15 is 0 Å². The third kappa shape index (κ3) is 8.43. The molecule has 0 saturated carbocycles. The van der Waals surface area contributed by atoms with Crippen molar-refractivity contribution < 1.29 is 27.5 Å². The molecule has 1 amide bonds. The monoisotopic (exact) mass is 538 g/mol. The predicted molar refractivity (Wildman–Crippen MR) is 145 cm³/mol. The van der Waals surface area contributed by atoms with E-state index in [9.17, 15) is 18.0 Å². The van der Waals surface area contributed by atoms with E-state index in [2.05, 4.69) is 13.8 Å². The van der Waals surface area contributed by atoms with Crippen LogP contribution < -0.4 is 4.74 Å². The number of rotatable bonds is 12. The van der Waals surface area contributed by atoms with Crippen molar-refractivity contribution in [1.29, 1.82) is 0 Å². The molecule has 1 saturated heterocycles. The summed E-state index contributed by atoms with van der Waals surface area (Å²) >= 11 is 0. The summed E-state index contributed by atoms with van der Waals surface area (Å²) in [6, 6.07) is 6.24. The first-order chi connectivity index (χ1) is 17.2. The van der Waals surface area contributed by atoms with Crippen LogP contribution in [-0.2, 0) is 24.3 Å². The highest BCUT2D eigenvalue weighted by atomic mass is 32.2. The molecule has 1 aromatic rings. The van der Waals surface area contributed by atoms with E-state index in [4.69, 9.17) is 9.47 Å². The number of benzene rings is 1. The average Bonchev–Trinajstić information content (AvgIpc) is 2.85. The van der Waals surface area contributed by atoms with Gasteiger partial charge in [-0.05, 0) is 95.9 Å². The number of hydrogen-bond acceptors (Lipinski definition) is 6. The van der Waals surface area contributed by atoms with E-state index in [1.807, 2.05) is 4.90 Å². The molecule has 0 unspecified atom stereocenters. The number of ether oxygens (including phenoxy) is 2. The van der Waals surface area contributed by atoms with Gasteiger partial charge >= 0.3 is 5.97 Å². The first-order valence-corrected chi connectivity index (χ1v) is 14.8. The summed E-state index contributed by atoms with van der Waals surface area (Å²) in [7, 11) is -0.683. The van der Waals surface area contributed by atoms with Gasteiger partial charge in [0.25, 0.3) is 0 Å². The van der Waals surface area contributed by atoms with Crippen molar-refractivity contribution in [2.75, 3.05) is 33.8 Å². The molecular formula is C28H46N2O6S. The Hall–Kier alpha value is -2.13. The minimum atomic E-state index is -3.73. The molecule has 0 aromatic heterocycles. The lowest BCUT2D eigenvalue weighted by Gasteiger charge is -2.39. The molecule has 9 heteroatoms. The number of sulfonamides is 1. The first-order valence-electron chi connectivity index (χ1n) is 13.4. The Balaban J connectivity index is 2.30. The molecule has 210 valence electrons. The molecule has 1 heterocycles. The van der Waals surface area contributed by atoms with Gasteiger partial charge in [-0.1, -0.05) is 13.8 Å². The average molecular weight is 539 g/mol. The maximum atomic E-state index is 14.0. The van der Waals surface area contributed by atoms with E-state index in [0.717, 1.165) is 19.3 Å². The summed E-state index contributed by atoms with van der Waals surface area (Å²) in [5.74, 6) is 0.193. The van der Waals surface area contributed by atoms with Crippen molar-refractivity contribution in [3.05, 3.63) is 24.3 Å². The number of piperidine rings is 1. The standard InChI is InChI=1S/C28H46N2O6S/c1-22(2)16-18-28(26(32)36-27(3,4)5,25(31)30-20-9-8-10-21-30)17-11-19-29(6)37(33,34)24-14-12-23(35-7)13-15-24/h12-15,22H,8-11,16-21H2,1-7H3/t28-/m1/s1. The number of carbonyl (C=O) groups is 2. The lowest BCUT2D eigenvalue weighted by atomic mass is 9.75. The summed E-state index contributed by atoms with van der Waals surface area (Å²) < 4.78 is 38.5. The molecule has 0 aliphatic carbocycles. The zero-order valence-electron chi connectivity index (χ0n) is 23.7. The molecule has 0 bridgehead atoms. The fraction of sp³-hybridized carbons (Fsp3) is 0.714. The number of amides is 1. The Morgan fingerprint density at radius 3 is 2.14 bits per heavy atom.